The van der Waals surface area contributed by atoms with Crippen LogP contribution in [0.15, 0.2) is 0 Å². The van der Waals surface area contributed by atoms with Crippen molar-refractivity contribution >= 4 is 11.6 Å². The van der Waals surface area contributed by atoms with E-state index in [0.717, 1.165) is 5.82 Å². The molecule has 1 aromatic rings. The summed E-state index contributed by atoms with van der Waals surface area (Å²) in [6, 6.07) is 0. The van der Waals surface area contributed by atoms with Gasteiger partial charge in [-0.15, -0.1) is 5.10 Å². The minimum Gasteiger partial charge on any atom is -0.373 e. The maximum Gasteiger partial charge on any atom is 0.242 e. The Morgan fingerprint density at radius 1 is 1.40 bits per heavy atom. The average molecular weight is 230 g/mol. The molecule has 0 amide bonds. The first-order valence-electron chi connectivity index (χ1n) is 5.42. The van der Waals surface area contributed by atoms with Crippen molar-refractivity contribution in [1.82, 2.24) is 15.2 Å². The number of nitrogens with zero attached hydrogens (tertiary/aromatic N) is 2. The molecule has 1 fully saturated rings. The molecular formula is C10H16ClN3O. The molecule has 4 nitrogen and oxygen atoms in total. The molecule has 84 valence electrons. The minimum atomic E-state index is 0.0188. The Kier molecular flexibility index (Phi) is 3.59. The molecule has 0 bridgehead atoms. The quantitative estimate of drug-likeness (QED) is 0.867. The molecule has 15 heavy (non-hydrogen) atoms. The molecule has 1 heterocycles. The van der Waals surface area contributed by atoms with Gasteiger partial charge in [-0.25, -0.2) is 0 Å². The van der Waals surface area contributed by atoms with Crippen LogP contribution in [-0.4, -0.2) is 22.3 Å². The molecule has 5 heteroatoms. The molecule has 1 saturated carbocycles. The van der Waals surface area contributed by atoms with E-state index in [1.165, 1.54) is 32.1 Å². The fourth-order valence-corrected chi connectivity index (χ4v) is 2.48. The van der Waals surface area contributed by atoms with Crippen LogP contribution in [0.1, 0.15) is 44.0 Å². The Labute approximate surface area is 94.4 Å². The van der Waals surface area contributed by atoms with Crippen molar-refractivity contribution in [3.8, 4) is 0 Å². The normalized spacial score (nSPS) is 20.4. The SMILES string of the molecule is COC(c1nc(Cl)n[nH]1)C1CCCCC1. The van der Waals surface area contributed by atoms with E-state index in [4.69, 9.17) is 16.3 Å². The highest BCUT2D eigenvalue weighted by Gasteiger charge is 2.27. The van der Waals surface area contributed by atoms with Crippen LogP contribution in [0.2, 0.25) is 5.28 Å². The number of rotatable bonds is 3. The molecule has 0 saturated heterocycles. The zero-order chi connectivity index (χ0) is 10.7. The number of hydrogen-bond donors (Lipinski definition) is 1. The number of nitrogens with one attached hydrogen (secondary N) is 1. The second-order valence-electron chi connectivity index (χ2n) is 4.04. The summed E-state index contributed by atoms with van der Waals surface area (Å²) >= 11 is 5.69. The third-order valence-corrected chi connectivity index (χ3v) is 3.25. The maximum absolute atomic E-state index is 5.69. The number of methoxy groups -OCH3 is 1. The first-order valence-corrected chi connectivity index (χ1v) is 5.79. The molecule has 1 aliphatic rings. The molecule has 1 unspecified atom stereocenters. The topological polar surface area (TPSA) is 50.8 Å². The Bertz CT molecular complexity index is 309. The summed E-state index contributed by atoms with van der Waals surface area (Å²) in [7, 11) is 1.72. The van der Waals surface area contributed by atoms with Gasteiger partial charge in [0.15, 0.2) is 5.82 Å². The van der Waals surface area contributed by atoms with E-state index < -0.39 is 0 Å². The lowest BCUT2D eigenvalue weighted by atomic mass is 9.85. The number of halogens is 1. The second-order valence-corrected chi connectivity index (χ2v) is 4.38. The average Bonchev–Trinajstić information content (AvgIpc) is 2.68. The van der Waals surface area contributed by atoms with Crippen molar-refractivity contribution in [2.24, 2.45) is 5.92 Å². The van der Waals surface area contributed by atoms with Crippen molar-refractivity contribution in [3.05, 3.63) is 11.1 Å². The fourth-order valence-electron chi connectivity index (χ4n) is 2.34. The van der Waals surface area contributed by atoms with E-state index in [0.29, 0.717) is 5.92 Å². The number of aromatic nitrogens is 3. The van der Waals surface area contributed by atoms with Gasteiger partial charge in [0.1, 0.15) is 6.10 Å². The van der Waals surface area contributed by atoms with Crippen molar-refractivity contribution in [1.29, 1.82) is 0 Å². The zero-order valence-corrected chi connectivity index (χ0v) is 9.63. The van der Waals surface area contributed by atoms with Crippen LogP contribution in [0.3, 0.4) is 0 Å². The predicted octanol–water partition coefficient (Wildman–Crippen LogP) is 2.73. The summed E-state index contributed by atoms with van der Waals surface area (Å²) < 4.78 is 5.50. The molecule has 1 atom stereocenters. The van der Waals surface area contributed by atoms with Crippen molar-refractivity contribution in [3.63, 3.8) is 0 Å². The van der Waals surface area contributed by atoms with Gasteiger partial charge >= 0.3 is 0 Å². The van der Waals surface area contributed by atoms with Crippen LogP contribution < -0.4 is 0 Å². The minimum absolute atomic E-state index is 0.0188. The summed E-state index contributed by atoms with van der Waals surface area (Å²) in [6.45, 7) is 0. The van der Waals surface area contributed by atoms with Crippen molar-refractivity contribution in [2.45, 2.75) is 38.2 Å². The van der Waals surface area contributed by atoms with Gasteiger partial charge in [0.05, 0.1) is 0 Å². The van der Waals surface area contributed by atoms with Gasteiger partial charge in [-0.1, -0.05) is 19.3 Å². The largest absolute Gasteiger partial charge is 0.373 e. The van der Waals surface area contributed by atoms with Gasteiger partial charge in [0, 0.05) is 7.11 Å². The summed E-state index contributed by atoms with van der Waals surface area (Å²) in [5.74, 6) is 1.31. The zero-order valence-electron chi connectivity index (χ0n) is 8.87. The third-order valence-electron chi connectivity index (χ3n) is 3.08. The standard InChI is InChI=1S/C10H16ClN3O/c1-15-8(7-5-3-2-4-6-7)9-12-10(11)14-13-9/h7-8H,2-6H2,1H3,(H,12,13,14). The molecule has 0 radical (unpaired) electrons. The van der Waals surface area contributed by atoms with Crippen LogP contribution in [-0.2, 0) is 4.74 Å². The third kappa shape index (κ3) is 2.49. The first kappa shape index (κ1) is 10.9. The van der Waals surface area contributed by atoms with E-state index in [9.17, 15) is 0 Å². The monoisotopic (exact) mass is 229 g/mol. The molecule has 0 aromatic carbocycles. The van der Waals surface area contributed by atoms with E-state index in [1.807, 2.05) is 0 Å². The Morgan fingerprint density at radius 2 is 2.13 bits per heavy atom. The van der Waals surface area contributed by atoms with Crippen molar-refractivity contribution < 1.29 is 4.74 Å². The number of hydrogen-bond acceptors (Lipinski definition) is 3. The molecule has 0 aliphatic heterocycles. The molecule has 2 rings (SSSR count). The van der Waals surface area contributed by atoms with Crippen molar-refractivity contribution in [2.75, 3.05) is 7.11 Å². The highest BCUT2D eigenvalue weighted by molar-refractivity contribution is 6.28. The van der Waals surface area contributed by atoms with E-state index >= 15 is 0 Å². The molecule has 1 aromatic heterocycles. The highest BCUT2D eigenvalue weighted by atomic mass is 35.5. The number of H-pyrrole nitrogens is 1. The second kappa shape index (κ2) is 4.94. The van der Waals surface area contributed by atoms with Gasteiger partial charge in [-0.05, 0) is 30.4 Å². The van der Waals surface area contributed by atoms with Crippen LogP contribution >= 0.6 is 11.6 Å². The van der Waals surface area contributed by atoms with Gasteiger partial charge < -0.3 is 4.74 Å². The fraction of sp³-hybridized carbons (Fsp3) is 0.800. The molecule has 0 spiro atoms. The van der Waals surface area contributed by atoms with Gasteiger partial charge in [-0.3, -0.25) is 5.10 Å². The van der Waals surface area contributed by atoms with E-state index in [-0.39, 0.29) is 11.4 Å². The molecular weight excluding hydrogens is 214 g/mol. The predicted molar refractivity (Wildman–Crippen MR) is 57.7 cm³/mol. The molecule has 1 aliphatic carbocycles. The summed E-state index contributed by atoms with van der Waals surface area (Å²) in [4.78, 5) is 4.13. The van der Waals surface area contributed by atoms with E-state index in [1.54, 1.807) is 7.11 Å². The van der Waals surface area contributed by atoms with Crippen LogP contribution in [0.4, 0.5) is 0 Å². The summed E-state index contributed by atoms with van der Waals surface area (Å²) in [5.41, 5.74) is 0. The highest BCUT2D eigenvalue weighted by Crippen LogP contribution is 2.35. The van der Waals surface area contributed by atoms with Gasteiger partial charge in [0.25, 0.3) is 0 Å². The number of aromatic amines is 1. The van der Waals surface area contributed by atoms with Gasteiger partial charge in [-0.2, -0.15) is 4.98 Å². The lowest BCUT2D eigenvalue weighted by molar-refractivity contribution is 0.0292. The summed E-state index contributed by atoms with van der Waals surface area (Å²) in [5, 5.41) is 6.93. The van der Waals surface area contributed by atoms with Crippen LogP contribution in [0.25, 0.3) is 0 Å². The number of ether oxygens (including phenoxy) is 1. The lowest BCUT2D eigenvalue weighted by Crippen LogP contribution is -2.19. The Hall–Kier alpha value is -0.610. The summed E-state index contributed by atoms with van der Waals surface area (Å²) in [6.07, 6.45) is 6.33. The maximum atomic E-state index is 5.69. The lowest BCUT2D eigenvalue weighted by Gasteiger charge is -2.27. The van der Waals surface area contributed by atoms with Gasteiger partial charge in [0.2, 0.25) is 5.28 Å². The Balaban J connectivity index is 2.08. The smallest absolute Gasteiger partial charge is 0.242 e. The van der Waals surface area contributed by atoms with Crippen LogP contribution in [0.5, 0.6) is 0 Å². The Morgan fingerprint density at radius 3 is 2.67 bits per heavy atom. The van der Waals surface area contributed by atoms with Crippen LogP contribution in [0, 0.1) is 5.92 Å². The van der Waals surface area contributed by atoms with E-state index in [2.05, 4.69) is 15.2 Å². The first-order chi connectivity index (χ1) is 7.31. The molecule has 1 N–H and O–H groups in total.